The molecule has 1 aromatic carbocycles. The molecule has 0 aliphatic heterocycles. The van der Waals surface area contributed by atoms with Crippen LogP contribution in [0.25, 0.3) is 10.9 Å². The van der Waals surface area contributed by atoms with Gasteiger partial charge in [-0.25, -0.2) is 4.98 Å². The molecule has 86 valence electrons. The molecule has 0 aliphatic carbocycles. The Morgan fingerprint density at radius 3 is 3.06 bits per heavy atom. The first-order valence-corrected chi connectivity index (χ1v) is 6.22. The number of anilines is 1. The number of thiazole rings is 1. The highest BCUT2D eigenvalue weighted by Crippen LogP contribution is 2.18. The third kappa shape index (κ3) is 1.89. The minimum Gasteiger partial charge on any atom is -0.399 e. The average molecular weight is 244 g/mol. The topological polar surface area (TPSA) is 56.7 Å². The second kappa shape index (κ2) is 3.85. The van der Waals surface area contributed by atoms with Crippen molar-refractivity contribution in [3.05, 3.63) is 40.5 Å². The normalized spacial score (nSPS) is 11.1. The SMILES string of the molecule is Cc1nc(Cn2ncc3ccc(N)cc32)cs1. The molecule has 4 nitrogen and oxygen atoms in total. The average Bonchev–Trinajstić information content (AvgIpc) is 2.87. The summed E-state index contributed by atoms with van der Waals surface area (Å²) in [5, 5.41) is 8.61. The molecule has 2 N–H and O–H groups in total. The summed E-state index contributed by atoms with van der Waals surface area (Å²) in [5.74, 6) is 0. The summed E-state index contributed by atoms with van der Waals surface area (Å²) in [6.45, 7) is 2.70. The highest BCUT2D eigenvalue weighted by Gasteiger charge is 2.05. The fourth-order valence-electron chi connectivity index (χ4n) is 1.85. The summed E-state index contributed by atoms with van der Waals surface area (Å²) in [7, 11) is 0. The molecular weight excluding hydrogens is 232 g/mol. The largest absolute Gasteiger partial charge is 0.399 e. The zero-order chi connectivity index (χ0) is 11.8. The fraction of sp³-hybridized carbons (Fsp3) is 0.167. The summed E-state index contributed by atoms with van der Waals surface area (Å²) in [4.78, 5) is 4.44. The Kier molecular flexibility index (Phi) is 2.33. The molecule has 2 aromatic heterocycles. The van der Waals surface area contributed by atoms with Gasteiger partial charge in [-0.15, -0.1) is 11.3 Å². The summed E-state index contributed by atoms with van der Waals surface area (Å²) in [6, 6.07) is 5.82. The van der Waals surface area contributed by atoms with E-state index in [-0.39, 0.29) is 0 Å². The Labute approximate surface area is 103 Å². The lowest BCUT2D eigenvalue weighted by molar-refractivity contribution is 0.699. The van der Waals surface area contributed by atoms with Crippen molar-refractivity contribution in [2.75, 3.05) is 5.73 Å². The van der Waals surface area contributed by atoms with Gasteiger partial charge in [0.25, 0.3) is 0 Å². The molecule has 0 bridgehead atoms. The molecular formula is C12H12N4S. The van der Waals surface area contributed by atoms with E-state index in [4.69, 9.17) is 5.73 Å². The number of nitrogens with zero attached hydrogens (tertiary/aromatic N) is 3. The number of fused-ring (bicyclic) bond motifs is 1. The maximum atomic E-state index is 5.79. The molecule has 3 aromatic rings. The maximum Gasteiger partial charge on any atom is 0.0898 e. The summed E-state index contributed by atoms with van der Waals surface area (Å²) in [6.07, 6.45) is 1.86. The van der Waals surface area contributed by atoms with Crippen molar-refractivity contribution < 1.29 is 0 Å². The van der Waals surface area contributed by atoms with Crippen molar-refractivity contribution in [2.24, 2.45) is 0 Å². The van der Waals surface area contributed by atoms with Gasteiger partial charge < -0.3 is 5.73 Å². The highest BCUT2D eigenvalue weighted by molar-refractivity contribution is 7.09. The third-order valence-electron chi connectivity index (χ3n) is 2.65. The van der Waals surface area contributed by atoms with Crippen LogP contribution in [0.2, 0.25) is 0 Å². The zero-order valence-electron chi connectivity index (χ0n) is 9.42. The number of aryl methyl sites for hydroxylation is 1. The van der Waals surface area contributed by atoms with Gasteiger partial charge >= 0.3 is 0 Å². The van der Waals surface area contributed by atoms with E-state index in [2.05, 4.69) is 15.5 Å². The van der Waals surface area contributed by atoms with Crippen LogP contribution in [-0.2, 0) is 6.54 Å². The van der Waals surface area contributed by atoms with E-state index >= 15 is 0 Å². The molecule has 3 rings (SSSR count). The molecule has 5 heteroatoms. The van der Waals surface area contributed by atoms with Gasteiger partial charge in [-0.05, 0) is 25.1 Å². The molecule has 0 spiro atoms. The van der Waals surface area contributed by atoms with Gasteiger partial charge in [-0.1, -0.05) is 0 Å². The van der Waals surface area contributed by atoms with E-state index in [9.17, 15) is 0 Å². The van der Waals surface area contributed by atoms with E-state index in [0.29, 0.717) is 6.54 Å². The number of nitrogens with two attached hydrogens (primary N) is 1. The molecule has 0 saturated heterocycles. The predicted octanol–water partition coefficient (Wildman–Crippen LogP) is 2.43. The summed E-state index contributed by atoms with van der Waals surface area (Å²) < 4.78 is 1.93. The molecule has 17 heavy (non-hydrogen) atoms. The van der Waals surface area contributed by atoms with Crippen LogP contribution in [0.3, 0.4) is 0 Å². The lowest BCUT2D eigenvalue weighted by Crippen LogP contribution is -2.01. The number of rotatable bonds is 2. The van der Waals surface area contributed by atoms with Gasteiger partial charge in [0.1, 0.15) is 0 Å². The number of hydrogen-bond donors (Lipinski definition) is 1. The lowest BCUT2D eigenvalue weighted by Gasteiger charge is -2.01. The number of hydrogen-bond acceptors (Lipinski definition) is 4. The van der Waals surface area contributed by atoms with Gasteiger partial charge in [0, 0.05) is 16.5 Å². The molecule has 0 atom stereocenters. The highest BCUT2D eigenvalue weighted by atomic mass is 32.1. The molecule has 0 fully saturated rings. The standard InChI is InChI=1S/C12H12N4S/c1-8-15-11(7-17-8)6-16-12-4-10(13)3-2-9(12)5-14-16/h2-5,7H,6,13H2,1H3. The van der Waals surface area contributed by atoms with Crippen molar-refractivity contribution in [1.82, 2.24) is 14.8 Å². The Morgan fingerprint density at radius 1 is 1.41 bits per heavy atom. The smallest absolute Gasteiger partial charge is 0.0898 e. The van der Waals surface area contributed by atoms with Crippen molar-refractivity contribution in [1.29, 1.82) is 0 Å². The molecule has 0 radical (unpaired) electrons. The first kappa shape index (κ1) is 10.3. The Balaban J connectivity index is 2.03. The molecule has 0 amide bonds. The summed E-state index contributed by atoms with van der Waals surface area (Å²) >= 11 is 1.66. The van der Waals surface area contributed by atoms with Crippen LogP contribution in [0.4, 0.5) is 5.69 Å². The number of aromatic nitrogens is 3. The van der Waals surface area contributed by atoms with E-state index in [1.807, 2.05) is 36.0 Å². The Morgan fingerprint density at radius 2 is 2.29 bits per heavy atom. The number of nitrogen functional groups attached to an aromatic ring is 1. The van der Waals surface area contributed by atoms with Crippen LogP contribution in [0.5, 0.6) is 0 Å². The van der Waals surface area contributed by atoms with Crippen LogP contribution in [0, 0.1) is 6.92 Å². The van der Waals surface area contributed by atoms with Crippen molar-refractivity contribution in [2.45, 2.75) is 13.5 Å². The van der Waals surface area contributed by atoms with Crippen molar-refractivity contribution in [3.63, 3.8) is 0 Å². The van der Waals surface area contributed by atoms with E-state index < -0.39 is 0 Å². The first-order chi connectivity index (χ1) is 8.22. The van der Waals surface area contributed by atoms with Crippen LogP contribution in [0.1, 0.15) is 10.7 Å². The molecule has 0 aliphatic rings. The molecule has 0 unspecified atom stereocenters. The van der Waals surface area contributed by atoms with E-state index in [0.717, 1.165) is 27.3 Å². The second-order valence-electron chi connectivity index (χ2n) is 3.98. The fourth-order valence-corrected chi connectivity index (χ4v) is 2.45. The molecule has 2 heterocycles. The van der Waals surface area contributed by atoms with Crippen LogP contribution in [-0.4, -0.2) is 14.8 Å². The lowest BCUT2D eigenvalue weighted by atomic mass is 10.2. The zero-order valence-corrected chi connectivity index (χ0v) is 10.2. The first-order valence-electron chi connectivity index (χ1n) is 5.34. The van der Waals surface area contributed by atoms with E-state index in [1.165, 1.54) is 0 Å². The monoisotopic (exact) mass is 244 g/mol. The van der Waals surface area contributed by atoms with Crippen LogP contribution in [0.15, 0.2) is 29.8 Å². The van der Waals surface area contributed by atoms with Crippen molar-refractivity contribution in [3.8, 4) is 0 Å². The van der Waals surface area contributed by atoms with Crippen molar-refractivity contribution >= 4 is 27.9 Å². The van der Waals surface area contributed by atoms with Gasteiger partial charge in [0.05, 0.1) is 29.0 Å². The quantitative estimate of drug-likeness (QED) is 0.704. The van der Waals surface area contributed by atoms with Gasteiger partial charge in [-0.2, -0.15) is 5.10 Å². The minimum absolute atomic E-state index is 0.692. The van der Waals surface area contributed by atoms with Gasteiger partial charge in [0.2, 0.25) is 0 Å². The van der Waals surface area contributed by atoms with Crippen LogP contribution < -0.4 is 5.73 Å². The van der Waals surface area contributed by atoms with Gasteiger partial charge in [0.15, 0.2) is 0 Å². The Bertz CT molecular complexity index is 668. The third-order valence-corrected chi connectivity index (χ3v) is 3.47. The van der Waals surface area contributed by atoms with E-state index in [1.54, 1.807) is 11.3 Å². The molecule has 0 saturated carbocycles. The minimum atomic E-state index is 0.692. The Hall–Kier alpha value is -1.88. The second-order valence-corrected chi connectivity index (χ2v) is 5.04. The van der Waals surface area contributed by atoms with Crippen LogP contribution >= 0.6 is 11.3 Å². The maximum absolute atomic E-state index is 5.79. The van der Waals surface area contributed by atoms with Gasteiger partial charge in [-0.3, -0.25) is 4.68 Å². The number of benzene rings is 1. The summed E-state index contributed by atoms with van der Waals surface area (Å²) in [5.41, 5.74) is 8.65. The predicted molar refractivity (Wildman–Crippen MR) is 70.1 cm³/mol.